The molecule has 3 rings (SSSR count). The summed E-state index contributed by atoms with van der Waals surface area (Å²) in [6.45, 7) is 5.36. The van der Waals surface area contributed by atoms with E-state index in [1.807, 2.05) is 0 Å². The Bertz CT molecular complexity index is 648. The smallest absolute Gasteiger partial charge is 0.119 e. The summed E-state index contributed by atoms with van der Waals surface area (Å²) in [7, 11) is 1.72. The van der Waals surface area contributed by atoms with Crippen molar-refractivity contribution in [2.45, 2.75) is 32.7 Å². The van der Waals surface area contributed by atoms with Crippen LogP contribution in [0.1, 0.15) is 36.1 Å². The molecule has 2 nitrogen and oxygen atoms in total. The van der Waals surface area contributed by atoms with E-state index in [4.69, 9.17) is 4.74 Å². The third-order valence-corrected chi connectivity index (χ3v) is 4.44. The summed E-state index contributed by atoms with van der Waals surface area (Å²) in [4.78, 5) is 0. The van der Waals surface area contributed by atoms with Crippen LogP contribution in [0.15, 0.2) is 36.4 Å². The van der Waals surface area contributed by atoms with Crippen LogP contribution < -0.4 is 10.1 Å². The van der Waals surface area contributed by atoms with Crippen LogP contribution in [0, 0.1) is 6.92 Å². The second-order valence-corrected chi connectivity index (χ2v) is 5.70. The molecule has 0 spiro atoms. The predicted octanol–water partition coefficient (Wildman–Crippen LogP) is 4.27. The highest BCUT2D eigenvalue weighted by molar-refractivity contribution is 5.73. The second kappa shape index (κ2) is 5.90. The van der Waals surface area contributed by atoms with Crippen molar-refractivity contribution in [1.82, 2.24) is 5.32 Å². The van der Waals surface area contributed by atoms with Gasteiger partial charge in [-0.1, -0.05) is 31.2 Å². The molecule has 0 radical (unpaired) electrons. The lowest BCUT2D eigenvalue weighted by molar-refractivity contribution is 0.414. The van der Waals surface area contributed by atoms with Gasteiger partial charge in [-0.25, -0.2) is 0 Å². The Morgan fingerprint density at radius 1 is 1.19 bits per heavy atom. The maximum Gasteiger partial charge on any atom is 0.119 e. The Hall–Kier alpha value is -1.80. The van der Waals surface area contributed by atoms with Crippen LogP contribution in [0.2, 0.25) is 0 Å². The molecule has 0 heterocycles. The van der Waals surface area contributed by atoms with Gasteiger partial charge in [-0.05, 0) is 66.3 Å². The first-order valence-electron chi connectivity index (χ1n) is 7.74. The first-order valence-corrected chi connectivity index (χ1v) is 7.74. The fourth-order valence-electron chi connectivity index (χ4n) is 3.43. The Kier molecular flexibility index (Phi) is 3.98. The van der Waals surface area contributed by atoms with Crippen molar-refractivity contribution in [2.24, 2.45) is 0 Å². The number of hydrogen-bond acceptors (Lipinski definition) is 2. The van der Waals surface area contributed by atoms with Gasteiger partial charge in [-0.15, -0.1) is 0 Å². The van der Waals surface area contributed by atoms with E-state index in [1.54, 1.807) is 7.11 Å². The number of rotatable bonds is 4. The molecule has 0 bridgehead atoms. The van der Waals surface area contributed by atoms with Crippen LogP contribution in [-0.2, 0) is 6.42 Å². The van der Waals surface area contributed by atoms with Crippen molar-refractivity contribution in [3.05, 3.63) is 53.1 Å². The fourth-order valence-corrected chi connectivity index (χ4v) is 3.43. The molecule has 1 unspecified atom stereocenters. The van der Waals surface area contributed by atoms with Gasteiger partial charge < -0.3 is 10.1 Å². The molecule has 1 aliphatic rings. The van der Waals surface area contributed by atoms with Crippen molar-refractivity contribution in [3.8, 4) is 16.9 Å². The lowest BCUT2D eigenvalue weighted by Crippen LogP contribution is -2.18. The summed E-state index contributed by atoms with van der Waals surface area (Å²) in [5, 5.41) is 3.59. The highest BCUT2D eigenvalue weighted by atomic mass is 16.5. The second-order valence-electron chi connectivity index (χ2n) is 5.70. The molecule has 2 aromatic carbocycles. The van der Waals surface area contributed by atoms with E-state index in [0.717, 1.165) is 18.7 Å². The van der Waals surface area contributed by atoms with Gasteiger partial charge in [-0.2, -0.15) is 0 Å². The lowest BCUT2D eigenvalue weighted by Gasteiger charge is -2.15. The van der Waals surface area contributed by atoms with E-state index in [0.29, 0.717) is 6.04 Å². The molecule has 0 aromatic heterocycles. The van der Waals surface area contributed by atoms with E-state index < -0.39 is 0 Å². The summed E-state index contributed by atoms with van der Waals surface area (Å²) in [5.41, 5.74) is 6.97. The molecule has 1 N–H and O–H groups in total. The number of methoxy groups -OCH3 is 1. The standard InChI is InChI=1S/C19H23NO/c1-4-20-19-11-10-17-16(6-5-7-18(17)19)15-9-8-14(21-3)12-13(15)2/h5-9,12,19-20H,4,10-11H2,1-3H3. The van der Waals surface area contributed by atoms with E-state index in [2.05, 4.69) is 55.6 Å². The van der Waals surface area contributed by atoms with Crippen molar-refractivity contribution < 1.29 is 4.74 Å². The molecule has 0 saturated heterocycles. The molecule has 0 amide bonds. The van der Waals surface area contributed by atoms with E-state index >= 15 is 0 Å². The van der Waals surface area contributed by atoms with E-state index in [9.17, 15) is 0 Å². The summed E-state index contributed by atoms with van der Waals surface area (Å²) < 4.78 is 5.32. The molecule has 1 aliphatic carbocycles. The fraction of sp³-hybridized carbons (Fsp3) is 0.368. The van der Waals surface area contributed by atoms with Gasteiger partial charge in [0.25, 0.3) is 0 Å². The Labute approximate surface area is 127 Å². The highest BCUT2D eigenvalue weighted by Gasteiger charge is 2.24. The van der Waals surface area contributed by atoms with Gasteiger partial charge in [-0.3, -0.25) is 0 Å². The molecule has 0 aliphatic heterocycles. The Balaban J connectivity index is 2.05. The number of nitrogens with one attached hydrogen (secondary N) is 1. The van der Waals surface area contributed by atoms with Gasteiger partial charge in [0.05, 0.1) is 7.11 Å². The summed E-state index contributed by atoms with van der Waals surface area (Å²) in [6.07, 6.45) is 2.37. The number of aryl methyl sites for hydroxylation is 1. The number of fused-ring (bicyclic) bond motifs is 1. The highest BCUT2D eigenvalue weighted by Crippen LogP contribution is 2.39. The average molecular weight is 281 g/mol. The molecule has 0 saturated carbocycles. The zero-order chi connectivity index (χ0) is 14.8. The normalized spacial score (nSPS) is 16.8. The van der Waals surface area contributed by atoms with Crippen LogP contribution in [0.3, 0.4) is 0 Å². The minimum atomic E-state index is 0.517. The van der Waals surface area contributed by atoms with Crippen molar-refractivity contribution in [3.63, 3.8) is 0 Å². The monoisotopic (exact) mass is 281 g/mol. The molecule has 2 heteroatoms. The minimum absolute atomic E-state index is 0.517. The van der Waals surface area contributed by atoms with E-state index in [-0.39, 0.29) is 0 Å². The van der Waals surface area contributed by atoms with Crippen molar-refractivity contribution >= 4 is 0 Å². The molecule has 21 heavy (non-hydrogen) atoms. The molecule has 110 valence electrons. The zero-order valence-electron chi connectivity index (χ0n) is 13.1. The van der Waals surface area contributed by atoms with Crippen LogP contribution in [0.4, 0.5) is 0 Å². The maximum atomic E-state index is 5.32. The van der Waals surface area contributed by atoms with Crippen molar-refractivity contribution in [2.75, 3.05) is 13.7 Å². The largest absolute Gasteiger partial charge is 0.497 e. The van der Waals surface area contributed by atoms with Crippen LogP contribution in [-0.4, -0.2) is 13.7 Å². The van der Waals surface area contributed by atoms with Gasteiger partial charge in [0.1, 0.15) is 5.75 Å². The Morgan fingerprint density at radius 3 is 2.76 bits per heavy atom. The summed E-state index contributed by atoms with van der Waals surface area (Å²) in [6, 6.07) is 13.6. The molecular weight excluding hydrogens is 258 g/mol. The topological polar surface area (TPSA) is 21.3 Å². The third-order valence-electron chi connectivity index (χ3n) is 4.44. The molecule has 1 atom stereocenters. The van der Waals surface area contributed by atoms with Gasteiger partial charge >= 0.3 is 0 Å². The number of hydrogen-bond donors (Lipinski definition) is 1. The van der Waals surface area contributed by atoms with E-state index in [1.165, 1.54) is 34.2 Å². The quantitative estimate of drug-likeness (QED) is 0.903. The molecule has 0 fully saturated rings. The van der Waals surface area contributed by atoms with Gasteiger partial charge in [0.2, 0.25) is 0 Å². The molecular formula is C19H23NO. The van der Waals surface area contributed by atoms with Crippen LogP contribution in [0.25, 0.3) is 11.1 Å². The van der Waals surface area contributed by atoms with Crippen LogP contribution in [0.5, 0.6) is 5.75 Å². The number of ether oxygens (including phenoxy) is 1. The van der Waals surface area contributed by atoms with Crippen LogP contribution >= 0.6 is 0 Å². The minimum Gasteiger partial charge on any atom is -0.497 e. The lowest BCUT2D eigenvalue weighted by atomic mass is 9.93. The molecule has 2 aromatic rings. The van der Waals surface area contributed by atoms with Gasteiger partial charge in [0, 0.05) is 6.04 Å². The first-order chi connectivity index (χ1) is 10.2. The SMILES string of the molecule is CCNC1CCc2c(-c3ccc(OC)cc3C)cccc21. The predicted molar refractivity (Wildman–Crippen MR) is 87.9 cm³/mol. The third kappa shape index (κ3) is 2.56. The summed E-state index contributed by atoms with van der Waals surface area (Å²) in [5.74, 6) is 0.925. The zero-order valence-corrected chi connectivity index (χ0v) is 13.1. The van der Waals surface area contributed by atoms with Gasteiger partial charge in [0.15, 0.2) is 0 Å². The maximum absolute atomic E-state index is 5.32. The number of benzene rings is 2. The Morgan fingerprint density at radius 2 is 2.05 bits per heavy atom. The average Bonchev–Trinajstić information content (AvgIpc) is 2.91. The van der Waals surface area contributed by atoms with Crippen molar-refractivity contribution in [1.29, 1.82) is 0 Å². The summed E-state index contributed by atoms with van der Waals surface area (Å²) >= 11 is 0. The first kappa shape index (κ1) is 14.2.